The van der Waals surface area contributed by atoms with Gasteiger partial charge in [0.1, 0.15) is 10.9 Å². The molecule has 1 aromatic heterocycles. The molecule has 0 saturated carbocycles. The third-order valence-corrected chi connectivity index (χ3v) is 3.98. The zero-order valence-corrected chi connectivity index (χ0v) is 15.5. The van der Waals surface area contributed by atoms with E-state index in [2.05, 4.69) is 14.7 Å². The maximum atomic E-state index is 12.3. The molecule has 0 radical (unpaired) electrons. The molecule has 146 valence electrons. The molecule has 0 fully saturated rings. The second-order valence-electron chi connectivity index (χ2n) is 5.55. The molecule has 0 N–H and O–H groups in total. The minimum atomic E-state index is -4.75. The number of hydrogen-bond donors (Lipinski definition) is 0. The molecule has 2 aromatic carbocycles. The van der Waals surface area contributed by atoms with Crippen LogP contribution >= 0.6 is 11.6 Å². The molecule has 5 nitrogen and oxygen atoms in total. The first-order valence-electron chi connectivity index (χ1n) is 7.92. The van der Waals surface area contributed by atoms with Crippen molar-refractivity contribution in [2.24, 2.45) is 0 Å². The zero-order valence-electron chi connectivity index (χ0n) is 14.7. The van der Waals surface area contributed by atoms with Crippen LogP contribution in [0.3, 0.4) is 0 Å². The molecule has 0 atom stereocenters. The number of methoxy groups -OCH3 is 2. The predicted molar refractivity (Wildman–Crippen MR) is 99.7 cm³/mol. The molecule has 0 aliphatic carbocycles. The summed E-state index contributed by atoms with van der Waals surface area (Å²) in [7, 11) is 3.01. The molecular formula is C19H14ClF3N2O3. The van der Waals surface area contributed by atoms with E-state index >= 15 is 0 Å². The van der Waals surface area contributed by atoms with Gasteiger partial charge in [-0.2, -0.15) is 0 Å². The van der Waals surface area contributed by atoms with Crippen molar-refractivity contribution in [1.82, 2.24) is 9.97 Å². The Hall–Kier alpha value is -3.00. The summed E-state index contributed by atoms with van der Waals surface area (Å²) in [4.78, 5) is 8.58. The Kier molecular flexibility index (Phi) is 5.60. The second-order valence-corrected chi connectivity index (χ2v) is 5.91. The van der Waals surface area contributed by atoms with Crippen LogP contribution in [0.25, 0.3) is 23.1 Å². The number of nitrogens with zero attached hydrogens (tertiary/aromatic N) is 2. The van der Waals surface area contributed by atoms with Gasteiger partial charge in [-0.1, -0.05) is 29.8 Å². The Morgan fingerprint density at radius 2 is 1.68 bits per heavy atom. The van der Waals surface area contributed by atoms with Gasteiger partial charge in [-0.05, 0) is 29.8 Å². The quantitative estimate of drug-likeness (QED) is 0.529. The molecule has 0 unspecified atom stereocenters. The maximum Gasteiger partial charge on any atom is 0.573 e. The highest BCUT2D eigenvalue weighted by Crippen LogP contribution is 2.34. The normalized spacial score (nSPS) is 11.8. The first-order chi connectivity index (χ1) is 13.3. The van der Waals surface area contributed by atoms with Crippen LogP contribution in [0.5, 0.6) is 17.2 Å². The fourth-order valence-electron chi connectivity index (χ4n) is 2.50. The van der Waals surface area contributed by atoms with Crippen molar-refractivity contribution in [3.05, 3.63) is 52.9 Å². The fourth-order valence-corrected chi connectivity index (χ4v) is 2.73. The van der Waals surface area contributed by atoms with E-state index in [1.54, 1.807) is 24.3 Å². The number of halogens is 4. The Labute approximate surface area is 163 Å². The Bertz CT molecular complexity index is 1040. The van der Waals surface area contributed by atoms with E-state index in [1.807, 2.05) is 0 Å². The lowest BCUT2D eigenvalue weighted by atomic mass is 10.2. The number of benzene rings is 2. The van der Waals surface area contributed by atoms with Crippen LogP contribution in [0.4, 0.5) is 13.2 Å². The fraction of sp³-hybridized carbons (Fsp3) is 0.158. The van der Waals surface area contributed by atoms with Gasteiger partial charge in [-0.3, -0.25) is 0 Å². The lowest BCUT2D eigenvalue weighted by Crippen LogP contribution is -2.17. The topological polar surface area (TPSA) is 53.5 Å². The summed E-state index contributed by atoms with van der Waals surface area (Å²) in [6.07, 6.45) is -1.66. The van der Waals surface area contributed by atoms with Crippen LogP contribution < -0.4 is 14.2 Å². The number of aromatic nitrogens is 2. The van der Waals surface area contributed by atoms with Crippen LogP contribution in [0.1, 0.15) is 11.4 Å². The third kappa shape index (κ3) is 4.64. The van der Waals surface area contributed by atoms with E-state index in [0.29, 0.717) is 28.0 Å². The largest absolute Gasteiger partial charge is 0.573 e. The summed E-state index contributed by atoms with van der Waals surface area (Å²) >= 11 is 6.24. The molecule has 0 bridgehead atoms. The third-order valence-electron chi connectivity index (χ3n) is 3.69. The molecule has 0 spiro atoms. The van der Waals surface area contributed by atoms with Crippen LogP contribution in [-0.2, 0) is 0 Å². The zero-order chi connectivity index (χ0) is 20.3. The van der Waals surface area contributed by atoms with Crippen molar-refractivity contribution >= 4 is 34.7 Å². The SMILES string of the molecule is COc1cc2nc(/C=C/c3cccc(OC(F)(F)F)c3)nc(Cl)c2cc1OC. The number of rotatable bonds is 5. The Morgan fingerprint density at radius 3 is 2.36 bits per heavy atom. The van der Waals surface area contributed by atoms with Gasteiger partial charge in [-0.25, -0.2) is 9.97 Å². The molecule has 0 aliphatic heterocycles. The van der Waals surface area contributed by atoms with Crippen molar-refractivity contribution < 1.29 is 27.4 Å². The van der Waals surface area contributed by atoms with Crippen molar-refractivity contribution in [1.29, 1.82) is 0 Å². The van der Waals surface area contributed by atoms with E-state index in [0.717, 1.165) is 0 Å². The maximum absolute atomic E-state index is 12.3. The number of fused-ring (bicyclic) bond motifs is 1. The first kappa shape index (κ1) is 19.8. The van der Waals surface area contributed by atoms with Crippen LogP contribution in [-0.4, -0.2) is 30.5 Å². The van der Waals surface area contributed by atoms with Crippen molar-refractivity contribution in [2.75, 3.05) is 14.2 Å². The van der Waals surface area contributed by atoms with Crippen molar-refractivity contribution in [2.45, 2.75) is 6.36 Å². The average Bonchev–Trinajstić information content (AvgIpc) is 2.64. The molecule has 28 heavy (non-hydrogen) atoms. The average molecular weight is 411 g/mol. The Balaban J connectivity index is 1.93. The lowest BCUT2D eigenvalue weighted by molar-refractivity contribution is -0.274. The second kappa shape index (κ2) is 7.93. The van der Waals surface area contributed by atoms with Gasteiger partial charge in [0.2, 0.25) is 0 Å². The van der Waals surface area contributed by atoms with Crippen LogP contribution in [0, 0.1) is 0 Å². The van der Waals surface area contributed by atoms with E-state index in [9.17, 15) is 13.2 Å². The molecule has 1 heterocycles. The van der Waals surface area contributed by atoms with Gasteiger partial charge >= 0.3 is 6.36 Å². The van der Waals surface area contributed by atoms with Crippen LogP contribution in [0.15, 0.2) is 36.4 Å². The van der Waals surface area contributed by atoms with E-state index in [4.69, 9.17) is 21.1 Å². The molecule has 3 rings (SSSR count). The smallest absolute Gasteiger partial charge is 0.493 e. The Morgan fingerprint density at radius 1 is 0.964 bits per heavy atom. The molecule has 0 saturated heterocycles. The highest BCUT2D eigenvalue weighted by Gasteiger charge is 2.31. The molecule has 0 aliphatic rings. The predicted octanol–water partition coefficient (Wildman–Crippen LogP) is 5.37. The van der Waals surface area contributed by atoms with Gasteiger partial charge < -0.3 is 14.2 Å². The van der Waals surface area contributed by atoms with Crippen molar-refractivity contribution in [3.63, 3.8) is 0 Å². The highest BCUT2D eigenvalue weighted by atomic mass is 35.5. The molecule has 0 amide bonds. The minimum Gasteiger partial charge on any atom is -0.493 e. The summed E-state index contributed by atoms with van der Waals surface area (Å²) in [6, 6.07) is 8.87. The van der Waals surface area contributed by atoms with E-state index in [1.165, 1.54) is 38.5 Å². The number of alkyl halides is 3. The monoisotopic (exact) mass is 410 g/mol. The van der Waals surface area contributed by atoms with Gasteiger partial charge in [0.15, 0.2) is 17.3 Å². The summed E-state index contributed by atoms with van der Waals surface area (Å²) < 4.78 is 51.4. The summed E-state index contributed by atoms with van der Waals surface area (Å²) in [5, 5.41) is 0.789. The molecule has 9 heteroatoms. The van der Waals surface area contributed by atoms with Gasteiger partial charge in [0.05, 0.1) is 19.7 Å². The van der Waals surface area contributed by atoms with Crippen molar-refractivity contribution in [3.8, 4) is 17.2 Å². The summed E-state index contributed by atoms with van der Waals surface area (Å²) in [5.41, 5.74) is 1.01. The van der Waals surface area contributed by atoms with Gasteiger partial charge in [0.25, 0.3) is 0 Å². The van der Waals surface area contributed by atoms with Gasteiger partial charge in [0, 0.05) is 11.5 Å². The summed E-state index contributed by atoms with van der Waals surface area (Å²) in [6.45, 7) is 0. The number of ether oxygens (including phenoxy) is 3. The standard InChI is InChI=1S/C19H14ClF3N2O3/c1-26-15-9-13-14(10-16(15)27-2)24-17(25-18(13)20)7-6-11-4-3-5-12(8-11)28-19(21,22)23/h3-10H,1-2H3/b7-6+. The molecular weight excluding hydrogens is 397 g/mol. The van der Waals surface area contributed by atoms with E-state index < -0.39 is 6.36 Å². The minimum absolute atomic E-state index is 0.208. The number of hydrogen-bond acceptors (Lipinski definition) is 5. The molecule has 3 aromatic rings. The highest BCUT2D eigenvalue weighted by molar-refractivity contribution is 6.34. The van der Waals surface area contributed by atoms with Gasteiger partial charge in [-0.15, -0.1) is 13.2 Å². The lowest BCUT2D eigenvalue weighted by Gasteiger charge is -2.10. The first-order valence-corrected chi connectivity index (χ1v) is 8.30. The van der Waals surface area contributed by atoms with Crippen LogP contribution in [0.2, 0.25) is 5.15 Å². The summed E-state index contributed by atoms with van der Waals surface area (Å²) in [5.74, 6) is 0.942. The van der Waals surface area contributed by atoms with E-state index in [-0.39, 0.29) is 16.7 Å².